The van der Waals surface area contributed by atoms with Crippen molar-refractivity contribution in [3.63, 3.8) is 0 Å². The van der Waals surface area contributed by atoms with Gasteiger partial charge in [0.05, 0.1) is 6.61 Å². The first-order valence-corrected chi connectivity index (χ1v) is 3.63. The number of carboxylic acid groups (broad SMARTS) is 1. The van der Waals surface area contributed by atoms with Gasteiger partial charge in [0.1, 0.15) is 11.6 Å². The third-order valence-electron chi connectivity index (χ3n) is 2.19. The van der Waals surface area contributed by atoms with Gasteiger partial charge in [-0.15, -0.1) is 0 Å². The van der Waals surface area contributed by atoms with Gasteiger partial charge in [-0.2, -0.15) is 0 Å². The van der Waals surface area contributed by atoms with Crippen LogP contribution in [-0.4, -0.2) is 29.3 Å². The Kier molecular flexibility index (Phi) is 1.90. The lowest BCUT2D eigenvalue weighted by molar-refractivity contribution is -0.146. The fraction of sp³-hybridized carbons (Fsp3) is 0.857. The van der Waals surface area contributed by atoms with Crippen molar-refractivity contribution < 1.29 is 14.6 Å². The van der Waals surface area contributed by atoms with Gasteiger partial charge in [-0.25, -0.2) is 0 Å². The first-order chi connectivity index (χ1) is 4.99. The summed E-state index contributed by atoms with van der Waals surface area (Å²) in [5.74, 6) is -1.08. The van der Waals surface area contributed by atoms with Crippen molar-refractivity contribution in [1.29, 1.82) is 0 Å². The lowest BCUT2D eigenvalue weighted by Crippen LogP contribution is -2.57. The molecule has 1 heterocycles. The fourth-order valence-corrected chi connectivity index (χ4v) is 1.08. The van der Waals surface area contributed by atoms with E-state index in [4.69, 9.17) is 15.6 Å². The lowest BCUT2D eigenvalue weighted by Gasteiger charge is -2.26. The van der Waals surface area contributed by atoms with E-state index in [1.165, 1.54) is 0 Å². The molecule has 2 atom stereocenters. The van der Waals surface area contributed by atoms with Crippen LogP contribution >= 0.6 is 0 Å². The van der Waals surface area contributed by atoms with Crippen LogP contribution in [0.2, 0.25) is 0 Å². The molecule has 0 aromatic carbocycles. The molecule has 0 unspecified atom stereocenters. The maximum absolute atomic E-state index is 10.7. The van der Waals surface area contributed by atoms with Gasteiger partial charge in [0.2, 0.25) is 0 Å². The second-order valence-corrected chi connectivity index (χ2v) is 3.21. The van der Waals surface area contributed by atoms with Crippen molar-refractivity contribution in [2.24, 2.45) is 11.7 Å². The Hall–Kier alpha value is -0.610. The summed E-state index contributed by atoms with van der Waals surface area (Å²) in [6, 6.07) is 0. The predicted octanol–water partition coefficient (Wildman–Crippen LogP) is -0.177. The van der Waals surface area contributed by atoms with E-state index < -0.39 is 11.5 Å². The first-order valence-electron chi connectivity index (χ1n) is 3.63. The van der Waals surface area contributed by atoms with E-state index >= 15 is 0 Å². The summed E-state index contributed by atoms with van der Waals surface area (Å²) in [6.45, 7) is 4.05. The molecule has 0 aromatic heterocycles. The zero-order chi connectivity index (χ0) is 8.65. The fourth-order valence-electron chi connectivity index (χ4n) is 1.08. The second-order valence-electron chi connectivity index (χ2n) is 3.21. The molecule has 1 saturated heterocycles. The zero-order valence-electron chi connectivity index (χ0n) is 6.70. The molecule has 1 aliphatic rings. The molecule has 3 N–H and O–H groups in total. The summed E-state index contributed by atoms with van der Waals surface area (Å²) >= 11 is 0. The number of nitrogens with two attached hydrogens (primary N) is 1. The average molecular weight is 159 g/mol. The van der Waals surface area contributed by atoms with Crippen molar-refractivity contribution in [1.82, 2.24) is 0 Å². The Morgan fingerprint density at radius 1 is 1.82 bits per heavy atom. The molecule has 0 aliphatic carbocycles. The second kappa shape index (κ2) is 2.46. The topological polar surface area (TPSA) is 75.9 Å². The van der Waals surface area contributed by atoms with Gasteiger partial charge in [0, 0.05) is 0 Å². The summed E-state index contributed by atoms with van der Waals surface area (Å²) in [4.78, 5) is 10.7. The predicted molar refractivity (Wildman–Crippen MR) is 39.1 cm³/mol. The van der Waals surface area contributed by atoms with Crippen LogP contribution in [0.25, 0.3) is 0 Å². The van der Waals surface area contributed by atoms with Crippen molar-refractivity contribution >= 4 is 5.97 Å². The van der Waals surface area contributed by atoms with E-state index in [0.29, 0.717) is 6.61 Å². The molecule has 0 saturated carbocycles. The molecule has 4 nitrogen and oxygen atoms in total. The number of ether oxygens (including phenoxy) is 1. The average Bonchev–Trinajstić information content (AvgIpc) is 2.66. The van der Waals surface area contributed by atoms with E-state index in [2.05, 4.69) is 0 Å². The molecule has 0 bridgehead atoms. The highest BCUT2D eigenvalue weighted by atomic mass is 16.6. The minimum Gasteiger partial charge on any atom is -0.480 e. The first kappa shape index (κ1) is 8.49. The highest BCUT2D eigenvalue weighted by Gasteiger charge is 2.52. The normalized spacial score (nSPS) is 28.2. The number of aliphatic carboxylic acids is 1. The van der Waals surface area contributed by atoms with E-state index in [1.807, 2.05) is 0 Å². The van der Waals surface area contributed by atoms with Crippen LogP contribution in [0.1, 0.15) is 13.8 Å². The smallest absolute Gasteiger partial charge is 0.326 e. The van der Waals surface area contributed by atoms with Crippen molar-refractivity contribution in [2.75, 3.05) is 6.61 Å². The third-order valence-corrected chi connectivity index (χ3v) is 2.19. The van der Waals surface area contributed by atoms with Gasteiger partial charge in [0.25, 0.3) is 0 Å². The Morgan fingerprint density at radius 3 is 2.36 bits per heavy atom. The highest BCUT2D eigenvalue weighted by Crippen LogP contribution is 2.29. The van der Waals surface area contributed by atoms with Crippen LogP contribution in [0.5, 0.6) is 0 Å². The van der Waals surface area contributed by atoms with E-state index in [0.717, 1.165) is 0 Å². The number of hydrogen-bond donors (Lipinski definition) is 2. The minimum absolute atomic E-state index is 0.104. The molecule has 11 heavy (non-hydrogen) atoms. The van der Waals surface area contributed by atoms with E-state index in [9.17, 15) is 4.79 Å². The molecule has 0 radical (unpaired) electrons. The standard InChI is InChI=1S/C7H13NO3/c1-4(2)7(8,6(9)10)5-3-11-5/h4-5H,3,8H2,1-2H3,(H,9,10)/t5-,7+/m1/s1. The zero-order valence-corrected chi connectivity index (χ0v) is 6.70. The summed E-state index contributed by atoms with van der Waals surface area (Å²) in [5.41, 5.74) is 4.47. The number of rotatable bonds is 3. The number of epoxide rings is 1. The molecule has 64 valence electrons. The molecular weight excluding hydrogens is 146 g/mol. The quantitative estimate of drug-likeness (QED) is 0.560. The van der Waals surface area contributed by atoms with Crippen LogP contribution in [-0.2, 0) is 9.53 Å². The van der Waals surface area contributed by atoms with Crippen LogP contribution in [0.4, 0.5) is 0 Å². The Morgan fingerprint density at radius 2 is 2.27 bits per heavy atom. The van der Waals surface area contributed by atoms with Crippen molar-refractivity contribution in [3.05, 3.63) is 0 Å². The molecule has 1 aliphatic heterocycles. The van der Waals surface area contributed by atoms with Gasteiger partial charge >= 0.3 is 5.97 Å². The molecule has 4 heteroatoms. The Bertz CT molecular complexity index is 173. The lowest BCUT2D eigenvalue weighted by atomic mass is 9.84. The number of carbonyl (C=O) groups is 1. The summed E-state index contributed by atoms with van der Waals surface area (Å²) in [5, 5.41) is 8.81. The summed E-state index contributed by atoms with van der Waals surface area (Å²) < 4.78 is 4.89. The molecular formula is C7H13NO3. The van der Waals surface area contributed by atoms with Gasteiger partial charge in [-0.1, -0.05) is 13.8 Å². The Balaban J connectivity index is 2.77. The monoisotopic (exact) mass is 159 g/mol. The maximum atomic E-state index is 10.7. The molecule has 0 aromatic rings. The van der Waals surface area contributed by atoms with E-state index in [1.54, 1.807) is 13.8 Å². The van der Waals surface area contributed by atoms with Crippen LogP contribution in [0, 0.1) is 5.92 Å². The van der Waals surface area contributed by atoms with Crippen LogP contribution in [0.3, 0.4) is 0 Å². The Labute approximate surface area is 65.3 Å². The van der Waals surface area contributed by atoms with Crippen molar-refractivity contribution in [3.8, 4) is 0 Å². The highest BCUT2D eigenvalue weighted by molar-refractivity contribution is 5.80. The molecule has 1 fully saturated rings. The van der Waals surface area contributed by atoms with Gasteiger partial charge < -0.3 is 15.6 Å². The third kappa shape index (κ3) is 1.23. The summed E-state index contributed by atoms with van der Waals surface area (Å²) in [7, 11) is 0. The van der Waals surface area contributed by atoms with Gasteiger partial charge in [-0.05, 0) is 5.92 Å². The van der Waals surface area contributed by atoms with E-state index in [-0.39, 0.29) is 12.0 Å². The van der Waals surface area contributed by atoms with Crippen LogP contribution < -0.4 is 5.73 Å². The van der Waals surface area contributed by atoms with Crippen molar-refractivity contribution in [2.45, 2.75) is 25.5 Å². The minimum atomic E-state index is -1.19. The molecule has 0 spiro atoms. The SMILES string of the molecule is CC(C)[C@@](N)(C(=O)O)[C@H]1CO1. The number of hydrogen-bond acceptors (Lipinski definition) is 3. The molecule has 0 amide bonds. The van der Waals surface area contributed by atoms with Crippen LogP contribution in [0.15, 0.2) is 0 Å². The maximum Gasteiger partial charge on any atom is 0.326 e. The van der Waals surface area contributed by atoms with Gasteiger partial charge in [-0.3, -0.25) is 4.79 Å². The molecule has 1 rings (SSSR count). The van der Waals surface area contributed by atoms with Gasteiger partial charge in [0.15, 0.2) is 0 Å². The number of carboxylic acids is 1. The summed E-state index contributed by atoms with van der Waals surface area (Å²) in [6.07, 6.45) is -0.292. The largest absolute Gasteiger partial charge is 0.480 e.